The van der Waals surface area contributed by atoms with E-state index in [9.17, 15) is 9.59 Å². The van der Waals surface area contributed by atoms with Crippen molar-refractivity contribution >= 4 is 27.5 Å². The highest BCUT2D eigenvalue weighted by Gasteiger charge is 2.10. The van der Waals surface area contributed by atoms with Gasteiger partial charge in [0.25, 0.3) is 0 Å². The Morgan fingerprint density at radius 1 is 1.40 bits per heavy atom. The molecule has 80 valence electrons. The van der Waals surface area contributed by atoms with Gasteiger partial charge in [-0.05, 0) is 41.1 Å². The molecule has 0 aliphatic rings. The Labute approximate surface area is 96.6 Å². The molecular formula is C11H11BrO3. The molecule has 0 fully saturated rings. The normalized spacial score (nSPS) is 9.80. The average Bonchev–Trinajstić information content (AvgIpc) is 2.16. The molecule has 0 heterocycles. The van der Waals surface area contributed by atoms with E-state index in [0.29, 0.717) is 15.8 Å². The Bertz CT molecular complexity index is 399. The predicted octanol–water partition coefficient (Wildman–Crippen LogP) is 2.62. The molecule has 3 nitrogen and oxygen atoms in total. The van der Waals surface area contributed by atoms with E-state index in [1.54, 1.807) is 25.3 Å². The summed E-state index contributed by atoms with van der Waals surface area (Å²) < 4.78 is 5.74. The lowest BCUT2D eigenvalue weighted by Gasteiger charge is -2.04. The Morgan fingerprint density at radius 2 is 2.07 bits per heavy atom. The molecule has 4 heteroatoms. The van der Waals surface area contributed by atoms with Crippen LogP contribution in [0.1, 0.15) is 23.7 Å². The Kier molecular flexibility index (Phi) is 4.03. The van der Waals surface area contributed by atoms with Gasteiger partial charge >= 0.3 is 0 Å². The third kappa shape index (κ3) is 3.16. The number of carbonyl (C=O) groups is 2. The maximum atomic E-state index is 11.5. The van der Waals surface area contributed by atoms with E-state index < -0.39 is 0 Å². The molecule has 1 rings (SSSR count). The zero-order chi connectivity index (χ0) is 11.4. The Morgan fingerprint density at radius 3 is 2.53 bits per heavy atom. The first-order valence-electron chi connectivity index (χ1n) is 4.40. The van der Waals surface area contributed by atoms with E-state index in [1.165, 1.54) is 6.92 Å². The summed E-state index contributed by atoms with van der Waals surface area (Å²) >= 11 is 3.28. The van der Waals surface area contributed by atoms with Crippen molar-refractivity contribution in [3.63, 3.8) is 0 Å². The van der Waals surface area contributed by atoms with Crippen LogP contribution in [0.3, 0.4) is 0 Å². The van der Waals surface area contributed by atoms with Crippen LogP contribution in [0.4, 0.5) is 0 Å². The van der Waals surface area contributed by atoms with E-state index in [2.05, 4.69) is 15.9 Å². The lowest BCUT2D eigenvalue weighted by atomic mass is 10.1. The number of hydrogen-bond donors (Lipinski definition) is 0. The van der Waals surface area contributed by atoms with E-state index in [-0.39, 0.29) is 18.0 Å². The van der Waals surface area contributed by atoms with Crippen LogP contribution in [0.5, 0.6) is 5.75 Å². The Balaban J connectivity index is 2.92. The predicted molar refractivity (Wildman–Crippen MR) is 60.3 cm³/mol. The molecule has 1 aromatic rings. The lowest BCUT2D eigenvalue weighted by molar-refractivity contribution is -0.116. The van der Waals surface area contributed by atoms with Gasteiger partial charge in [0.05, 0.1) is 18.0 Å². The minimum Gasteiger partial charge on any atom is -0.496 e. The first kappa shape index (κ1) is 11.9. The molecule has 0 radical (unpaired) electrons. The maximum Gasteiger partial charge on any atom is 0.170 e. The first-order valence-corrected chi connectivity index (χ1v) is 5.20. The molecule has 0 saturated heterocycles. The van der Waals surface area contributed by atoms with Gasteiger partial charge in [-0.1, -0.05) is 0 Å². The standard InChI is InChI=1S/C11H11BrO3/c1-7(13)5-10(14)8-3-4-11(15-2)9(12)6-8/h3-4,6H,5H2,1-2H3. The van der Waals surface area contributed by atoms with Gasteiger partial charge in [0.15, 0.2) is 5.78 Å². The van der Waals surface area contributed by atoms with Crippen LogP contribution < -0.4 is 4.74 Å². The van der Waals surface area contributed by atoms with Gasteiger partial charge in [0.1, 0.15) is 11.5 Å². The number of methoxy groups -OCH3 is 1. The molecule has 0 amide bonds. The number of Topliss-reactive ketones (excluding diaryl/α,β-unsaturated/α-hetero) is 2. The highest BCUT2D eigenvalue weighted by atomic mass is 79.9. The van der Waals surface area contributed by atoms with Gasteiger partial charge in [-0.2, -0.15) is 0 Å². The summed E-state index contributed by atoms with van der Waals surface area (Å²) in [7, 11) is 1.55. The maximum absolute atomic E-state index is 11.5. The fraction of sp³-hybridized carbons (Fsp3) is 0.273. The van der Waals surface area contributed by atoms with Gasteiger partial charge in [0.2, 0.25) is 0 Å². The molecule has 0 spiro atoms. The van der Waals surface area contributed by atoms with Crippen molar-refractivity contribution < 1.29 is 14.3 Å². The highest BCUT2D eigenvalue weighted by molar-refractivity contribution is 9.10. The van der Waals surface area contributed by atoms with Crippen molar-refractivity contribution in [3.05, 3.63) is 28.2 Å². The van der Waals surface area contributed by atoms with E-state index >= 15 is 0 Å². The second-order valence-corrected chi connectivity index (χ2v) is 4.01. The molecule has 0 aliphatic carbocycles. The monoisotopic (exact) mass is 270 g/mol. The second-order valence-electron chi connectivity index (χ2n) is 3.15. The van der Waals surface area contributed by atoms with E-state index in [0.717, 1.165) is 0 Å². The minimum atomic E-state index is -0.175. The van der Waals surface area contributed by atoms with Crippen molar-refractivity contribution in [2.45, 2.75) is 13.3 Å². The molecule has 0 bridgehead atoms. The zero-order valence-corrected chi connectivity index (χ0v) is 10.1. The molecule has 15 heavy (non-hydrogen) atoms. The third-order valence-electron chi connectivity index (χ3n) is 1.88. The summed E-state index contributed by atoms with van der Waals surface area (Å²) in [6, 6.07) is 5.00. The fourth-order valence-corrected chi connectivity index (χ4v) is 1.71. The summed E-state index contributed by atoms with van der Waals surface area (Å²) in [5.41, 5.74) is 0.512. The van der Waals surface area contributed by atoms with Gasteiger partial charge < -0.3 is 4.74 Å². The molecular weight excluding hydrogens is 260 g/mol. The summed E-state index contributed by atoms with van der Waals surface area (Å²) in [4.78, 5) is 22.3. The van der Waals surface area contributed by atoms with Gasteiger partial charge in [-0.15, -0.1) is 0 Å². The number of ether oxygens (including phenoxy) is 1. The van der Waals surface area contributed by atoms with E-state index in [4.69, 9.17) is 4.74 Å². The molecule has 0 N–H and O–H groups in total. The summed E-state index contributed by atoms with van der Waals surface area (Å²) in [5, 5.41) is 0. The minimum absolute atomic E-state index is 0.0568. The fourth-order valence-electron chi connectivity index (χ4n) is 1.17. The van der Waals surface area contributed by atoms with Crippen LogP contribution in [0, 0.1) is 0 Å². The highest BCUT2D eigenvalue weighted by Crippen LogP contribution is 2.25. The number of halogens is 1. The van der Waals surface area contributed by atoms with Crippen molar-refractivity contribution in [2.24, 2.45) is 0 Å². The van der Waals surface area contributed by atoms with Crippen LogP contribution in [0.15, 0.2) is 22.7 Å². The molecule has 0 unspecified atom stereocenters. The Hall–Kier alpha value is -1.16. The summed E-state index contributed by atoms with van der Waals surface area (Å²) in [5.74, 6) is 0.354. The molecule has 0 aliphatic heterocycles. The topological polar surface area (TPSA) is 43.4 Å². The molecule has 0 saturated carbocycles. The van der Waals surface area contributed by atoms with Crippen molar-refractivity contribution in [1.82, 2.24) is 0 Å². The van der Waals surface area contributed by atoms with Gasteiger partial charge in [0, 0.05) is 5.56 Å². The summed E-state index contributed by atoms with van der Waals surface area (Å²) in [6.07, 6.45) is -0.0568. The van der Waals surface area contributed by atoms with Crippen LogP contribution in [0.25, 0.3) is 0 Å². The molecule has 0 aromatic heterocycles. The number of carbonyl (C=O) groups excluding carboxylic acids is 2. The van der Waals surface area contributed by atoms with Crippen molar-refractivity contribution in [3.8, 4) is 5.75 Å². The smallest absolute Gasteiger partial charge is 0.170 e. The molecule has 0 atom stereocenters. The number of hydrogen-bond acceptors (Lipinski definition) is 3. The summed E-state index contributed by atoms with van der Waals surface area (Å²) in [6.45, 7) is 1.40. The van der Waals surface area contributed by atoms with Crippen molar-refractivity contribution in [2.75, 3.05) is 7.11 Å². The SMILES string of the molecule is COc1ccc(C(=O)CC(C)=O)cc1Br. The van der Waals surface area contributed by atoms with Crippen LogP contribution in [0.2, 0.25) is 0 Å². The van der Waals surface area contributed by atoms with Crippen LogP contribution in [-0.2, 0) is 4.79 Å². The zero-order valence-electron chi connectivity index (χ0n) is 8.54. The van der Waals surface area contributed by atoms with Crippen LogP contribution >= 0.6 is 15.9 Å². The third-order valence-corrected chi connectivity index (χ3v) is 2.50. The number of rotatable bonds is 4. The van der Waals surface area contributed by atoms with Gasteiger partial charge in [-0.3, -0.25) is 9.59 Å². The second kappa shape index (κ2) is 5.07. The van der Waals surface area contributed by atoms with Gasteiger partial charge in [-0.25, -0.2) is 0 Å². The largest absolute Gasteiger partial charge is 0.496 e. The first-order chi connectivity index (χ1) is 7.04. The number of ketones is 2. The molecule has 1 aromatic carbocycles. The average molecular weight is 271 g/mol. The lowest BCUT2D eigenvalue weighted by Crippen LogP contribution is -2.04. The van der Waals surface area contributed by atoms with E-state index in [1.807, 2.05) is 0 Å². The van der Waals surface area contributed by atoms with Crippen LogP contribution in [-0.4, -0.2) is 18.7 Å². The number of benzene rings is 1. The quantitative estimate of drug-likeness (QED) is 0.624. The van der Waals surface area contributed by atoms with Crippen molar-refractivity contribution in [1.29, 1.82) is 0 Å².